The SMILES string of the molecule is C[C@@H](Nc1ncnc2c(C(N)=O)cccc12)c1cccc(NC(=O)c2cncc(C(F)(F)F)c2)c1. The Kier molecular flexibility index (Phi) is 6.32. The van der Waals surface area contributed by atoms with Crippen molar-refractivity contribution in [1.82, 2.24) is 15.0 Å². The van der Waals surface area contributed by atoms with Gasteiger partial charge in [0.1, 0.15) is 12.1 Å². The molecular formula is C24H19F3N6O2. The summed E-state index contributed by atoms with van der Waals surface area (Å²) >= 11 is 0. The number of hydrogen-bond acceptors (Lipinski definition) is 6. The standard InChI is InChI=1S/C24H19F3N6O2/c1-13(32-22-19-7-3-6-18(21(28)34)20(19)30-12-31-22)14-4-2-5-17(9-14)33-23(35)15-8-16(11-29-10-15)24(25,26)27/h2-13H,1H3,(H2,28,34)(H,33,35)(H,30,31,32)/t13-/m1/s1. The minimum Gasteiger partial charge on any atom is -0.366 e. The minimum absolute atomic E-state index is 0.214. The third kappa shape index (κ3) is 5.18. The Morgan fingerprint density at radius 2 is 1.80 bits per heavy atom. The molecule has 1 atom stereocenters. The van der Waals surface area contributed by atoms with E-state index in [1.54, 1.807) is 36.4 Å². The first-order valence-corrected chi connectivity index (χ1v) is 10.4. The topological polar surface area (TPSA) is 123 Å². The Morgan fingerprint density at radius 1 is 1.03 bits per heavy atom. The molecule has 0 spiro atoms. The monoisotopic (exact) mass is 480 g/mol. The van der Waals surface area contributed by atoms with Gasteiger partial charge in [-0.15, -0.1) is 0 Å². The maximum absolute atomic E-state index is 12.9. The molecule has 8 nitrogen and oxygen atoms in total. The number of amides is 2. The fourth-order valence-corrected chi connectivity index (χ4v) is 3.50. The highest BCUT2D eigenvalue weighted by Gasteiger charge is 2.31. The number of nitrogens with zero attached hydrogens (tertiary/aromatic N) is 3. The second-order valence-corrected chi connectivity index (χ2v) is 7.69. The van der Waals surface area contributed by atoms with E-state index in [0.717, 1.165) is 17.8 Å². The fraction of sp³-hybridized carbons (Fsp3) is 0.125. The smallest absolute Gasteiger partial charge is 0.366 e. The lowest BCUT2D eigenvalue weighted by Crippen LogP contribution is -2.15. The lowest BCUT2D eigenvalue weighted by molar-refractivity contribution is -0.137. The van der Waals surface area contributed by atoms with Crippen LogP contribution in [0.4, 0.5) is 24.7 Å². The van der Waals surface area contributed by atoms with Gasteiger partial charge in [-0.1, -0.05) is 18.2 Å². The van der Waals surface area contributed by atoms with Crippen molar-refractivity contribution in [2.24, 2.45) is 5.73 Å². The largest absolute Gasteiger partial charge is 0.417 e. The number of rotatable bonds is 6. The number of para-hydroxylation sites is 1. The average Bonchev–Trinajstić information content (AvgIpc) is 2.83. The number of nitrogens with one attached hydrogen (secondary N) is 2. The highest BCUT2D eigenvalue weighted by atomic mass is 19.4. The molecule has 0 bridgehead atoms. The number of nitrogens with two attached hydrogens (primary N) is 1. The summed E-state index contributed by atoms with van der Waals surface area (Å²) < 4.78 is 38.8. The van der Waals surface area contributed by atoms with Crippen LogP contribution in [-0.4, -0.2) is 26.8 Å². The molecule has 4 N–H and O–H groups in total. The van der Waals surface area contributed by atoms with Gasteiger partial charge in [-0.05, 0) is 42.8 Å². The first-order valence-electron chi connectivity index (χ1n) is 10.4. The Bertz CT molecular complexity index is 1420. The van der Waals surface area contributed by atoms with Gasteiger partial charge in [0, 0.05) is 23.5 Å². The van der Waals surface area contributed by atoms with Gasteiger partial charge < -0.3 is 16.4 Å². The van der Waals surface area contributed by atoms with Crippen molar-refractivity contribution < 1.29 is 22.8 Å². The Balaban J connectivity index is 1.54. The second kappa shape index (κ2) is 9.37. The molecule has 2 amide bonds. The predicted molar refractivity (Wildman–Crippen MR) is 124 cm³/mol. The molecule has 0 aliphatic heterocycles. The summed E-state index contributed by atoms with van der Waals surface area (Å²) in [5, 5.41) is 6.46. The van der Waals surface area contributed by atoms with Gasteiger partial charge in [0.15, 0.2) is 0 Å². The lowest BCUT2D eigenvalue weighted by atomic mass is 10.1. The fourth-order valence-electron chi connectivity index (χ4n) is 3.50. The van der Waals surface area contributed by atoms with Crippen LogP contribution in [0.2, 0.25) is 0 Å². The van der Waals surface area contributed by atoms with Crippen LogP contribution in [-0.2, 0) is 6.18 Å². The molecule has 2 aromatic carbocycles. The molecule has 4 aromatic rings. The van der Waals surface area contributed by atoms with E-state index < -0.39 is 23.6 Å². The first-order chi connectivity index (χ1) is 16.6. The molecule has 0 aliphatic rings. The molecule has 0 aliphatic carbocycles. The zero-order valence-corrected chi connectivity index (χ0v) is 18.3. The third-order valence-corrected chi connectivity index (χ3v) is 5.26. The number of hydrogen-bond donors (Lipinski definition) is 3. The Hall–Kier alpha value is -4.54. The van der Waals surface area contributed by atoms with Gasteiger partial charge in [-0.2, -0.15) is 13.2 Å². The summed E-state index contributed by atoms with van der Waals surface area (Å²) in [6.45, 7) is 1.86. The normalized spacial score (nSPS) is 12.2. The van der Waals surface area contributed by atoms with Gasteiger partial charge >= 0.3 is 6.18 Å². The highest BCUT2D eigenvalue weighted by Crippen LogP contribution is 2.29. The van der Waals surface area contributed by atoms with Crippen molar-refractivity contribution in [3.63, 3.8) is 0 Å². The van der Waals surface area contributed by atoms with Crippen LogP contribution in [0.15, 0.2) is 67.3 Å². The van der Waals surface area contributed by atoms with Crippen molar-refractivity contribution in [2.75, 3.05) is 10.6 Å². The van der Waals surface area contributed by atoms with Gasteiger partial charge in [0.25, 0.3) is 11.8 Å². The molecule has 0 unspecified atom stereocenters. The summed E-state index contributed by atoms with van der Waals surface area (Å²) in [6.07, 6.45) is -1.55. The van der Waals surface area contributed by atoms with Crippen LogP contribution in [0.3, 0.4) is 0 Å². The van der Waals surface area contributed by atoms with Crippen LogP contribution in [0, 0.1) is 0 Å². The number of alkyl halides is 3. The van der Waals surface area contributed by atoms with Gasteiger partial charge in [0.2, 0.25) is 0 Å². The molecule has 2 aromatic heterocycles. The third-order valence-electron chi connectivity index (χ3n) is 5.26. The Labute approximate surface area is 197 Å². The molecule has 2 heterocycles. The van der Waals surface area contributed by atoms with Crippen molar-refractivity contribution in [3.8, 4) is 0 Å². The van der Waals surface area contributed by atoms with Crippen molar-refractivity contribution in [1.29, 1.82) is 0 Å². The zero-order chi connectivity index (χ0) is 25.2. The molecule has 11 heteroatoms. The van der Waals surface area contributed by atoms with E-state index in [0.29, 0.717) is 28.6 Å². The van der Waals surface area contributed by atoms with Crippen LogP contribution >= 0.6 is 0 Å². The van der Waals surface area contributed by atoms with Crippen molar-refractivity contribution in [3.05, 3.63) is 89.5 Å². The van der Waals surface area contributed by atoms with Gasteiger partial charge in [0.05, 0.1) is 28.2 Å². The summed E-state index contributed by atoms with van der Waals surface area (Å²) in [5.41, 5.74) is 6.06. The summed E-state index contributed by atoms with van der Waals surface area (Å²) in [6, 6.07) is 12.3. The van der Waals surface area contributed by atoms with Crippen LogP contribution in [0.1, 0.15) is 44.8 Å². The van der Waals surface area contributed by atoms with E-state index in [1.165, 1.54) is 6.33 Å². The van der Waals surface area contributed by atoms with E-state index in [4.69, 9.17) is 5.73 Å². The van der Waals surface area contributed by atoms with E-state index in [2.05, 4.69) is 25.6 Å². The first kappa shape index (κ1) is 23.6. The summed E-state index contributed by atoms with van der Waals surface area (Å²) in [4.78, 5) is 36.2. The van der Waals surface area contributed by atoms with Crippen LogP contribution < -0.4 is 16.4 Å². The lowest BCUT2D eigenvalue weighted by Gasteiger charge is -2.17. The predicted octanol–water partition coefficient (Wildman–Crippen LogP) is 4.57. The van der Waals surface area contributed by atoms with E-state index in [-0.39, 0.29) is 17.2 Å². The number of halogens is 3. The number of primary amides is 1. The molecule has 35 heavy (non-hydrogen) atoms. The summed E-state index contributed by atoms with van der Waals surface area (Å²) in [5.74, 6) is -0.843. The van der Waals surface area contributed by atoms with E-state index >= 15 is 0 Å². The maximum Gasteiger partial charge on any atom is 0.417 e. The molecule has 0 saturated carbocycles. The average molecular weight is 480 g/mol. The summed E-state index contributed by atoms with van der Waals surface area (Å²) in [7, 11) is 0. The van der Waals surface area contributed by atoms with E-state index in [9.17, 15) is 22.8 Å². The Morgan fingerprint density at radius 3 is 2.54 bits per heavy atom. The molecule has 178 valence electrons. The molecule has 0 fully saturated rings. The molecular weight excluding hydrogens is 461 g/mol. The van der Waals surface area contributed by atoms with Crippen LogP contribution in [0.5, 0.6) is 0 Å². The van der Waals surface area contributed by atoms with Crippen molar-refractivity contribution >= 4 is 34.2 Å². The number of carbonyl (C=O) groups is 2. The number of benzene rings is 2. The van der Waals surface area contributed by atoms with Crippen LogP contribution in [0.25, 0.3) is 10.9 Å². The number of pyridine rings is 1. The van der Waals surface area contributed by atoms with Gasteiger partial charge in [-0.3, -0.25) is 14.6 Å². The van der Waals surface area contributed by atoms with Gasteiger partial charge in [-0.25, -0.2) is 9.97 Å². The quantitative estimate of drug-likeness (QED) is 0.372. The maximum atomic E-state index is 12.9. The number of fused-ring (bicyclic) bond motifs is 1. The molecule has 4 rings (SSSR count). The molecule has 0 saturated heterocycles. The van der Waals surface area contributed by atoms with Crippen molar-refractivity contribution in [2.45, 2.75) is 19.1 Å². The number of carbonyl (C=O) groups excluding carboxylic acids is 2. The highest BCUT2D eigenvalue weighted by molar-refractivity contribution is 6.07. The minimum atomic E-state index is -4.60. The van der Waals surface area contributed by atoms with E-state index in [1.807, 2.05) is 13.0 Å². The second-order valence-electron chi connectivity index (χ2n) is 7.69. The zero-order valence-electron chi connectivity index (χ0n) is 18.3. The number of aromatic nitrogens is 3. The number of anilines is 2. The molecule has 0 radical (unpaired) electrons.